The molecule has 2 atom stereocenters. The highest BCUT2D eigenvalue weighted by atomic mass is 79.9. The number of hydrogen-bond acceptors (Lipinski definition) is 1. The molecule has 0 saturated heterocycles. The molecule has 0 amide bonds. The number of Topliss-reactive ketones (excluding diaryl/α,β-unsaturated/α-hetero) is 1. The van der Waals surface area contributed by atoms with Gasteiger partial charge in [0.1, 0.15) is 5.78 Å². The first-order valence-electron chi connectivity index (χ1n) is 5.90. The van der Waals surface area contributed by atoms with Crippen molar-refractivity contribution in [1.29, 1.82) is 0 Å². The Balaban J connectivity index is 1.94. The first-order valence-corrected chi connectivity index (χ1v) is 6.69. The fourth-order valence-electron chi connectivity index (χ4n) is 2.63. The lowest BCUT2D eigenvalue weighted by molar-refractivity contribution is -0.120. The maximum absolute atomic E-state index is 11.3. The minimum atomic E-state index is 0.331. The largest absolute Gasteiger partial charge is 0.300 e. The van der Waals surface area contributed by atoms with Gasteiger partial charge in [-0.3, -0.25) is 4.79 Å². The van der Waals surface area contributed by atoms with Gasteiger partial charge in [0.15, 0.2) is 0 Å². The normalized spacial score (nSPS) is 24.6. The van der Waals surface area contributed by atoms with Crippen LogP contribution in [0.4, 0.5) is 0 Å². The van der Waals surface area contributed by atoms with Gasteiger partial charge >= 0.3 is 0 Å². The number of halogens is 1. The molecular formula is C14H17BrO. The van der Waals surface area contributed by atoms with Gasteiger partial charge in [-0.15, -0.1) is 0 Å². The average Bonchev–Trinajstić information content (AvgIpc) is 2.66. The van der Waals surface area contributed by atoms with E-state index in [1.165, 1.54) is 12.0 Å². The van der Waals surface area contributed by atoms with Crippen molar-refractivity contribution >= 4 is 21.7 Å². The van der Waals surface area contributed by atoms with E-state index in [0.717, 1.165) is 23.7 Å². The SMILES string of the molecule is CC(=O)[C@@H]1CC[C@@H](Cc2cccc(Br)c2)C1. The fraction of sp³-hybridized carbons (Fsp3) is 0.500. The summed E-state index contributed by atoms with van der Waals surface area (Å²) in [4.78, 5) is 11.3. The first-order chi connectivity index (χ1) is 7.65. The third-order valence-electron chi connectivity index (χ3n) is 3.53. The molecule has 1 aliphatic rings. The van der Waals surface area contributed by atoms with E-state index < -0.39 is 0 Å². The number of ketones is 1. The van der Waals surface area contributed by atoms with Crippen LogP contribution in [0, 0.1) is 11.8 Å². The maximum atomic E-state index is 11.3. The van der Waals surface area contributed by atoms with Gasteiger partial charge in [0.25, 0.3) is 0 Å². The van der Waals surface area contributed by atoms with E-state index in [4.69, 9.17) is 0 Å². The Morgan fingerprint density at radius 2 is 2.25 bits per heavy atom. The molecule has 0 spiro atoms. The second-order valence-electron chi connectivity index (χ2n) is 4.82. The molecule has 86 valence electrons. The van der Waals surface area contributed by atoms with Crippen molar-refractivity contribution in [2.24, 2.45) is 11.8 Å². The third kappa shape index (κ3) is 2.94. The lowest BCUT2D eigenvalue weighted by Gasteiger charge is -2.10. The zero-order valence-corrected chi connectivity index (χ0v) is 11.2. The molecular weight excluding hydrogens is 264 g/mol. The summed E-state index contributed by atoms with van der Waals surface area (Å²) in [5.41, 5.74) is 1.38. The van der Waals surface area contributed by atoms with Crippen LogP contribution in [0.1, 0.15) is 31.7 Å². The van der Waals surface area contributed by atoms with E-state index in [-0.39, 0.29) is 0 Å². The van der Waals surface area contributed by atoms with Crippen LogP contribution in [-0.2, 0) is 11.2 Å². The molecule has 0 aliphatic heterocycles. The van der Waals surface area contributed by atoms with Crippen LogP contribution in [0.15, 0.2) is 28.7 Å². The van der Waals surface area contributed by atoms with E-state index in [9.17, 15) is 4.79 Å². The standard InChI is InChI=1S/C14H17BrO/c1-10(16)13-6-5-12(8-13)7-11-3-2-4-14(15)9-11/h2-4,9,12-13H,5-8H2,1H3/t12-,13+/m0/s1. The Morgan fingerprint density at radius 1 is 1.44 bits per heavy atom. The van der Waals surface area contributed by atoms with E-state index in [1.54, 1.807) is 6.92 Å². The van der Waals surface area contributed by atoms with Gasteiger partial charge in [0.05, 0.1) is 0 Å². The lowest BCUT2D eigenvalue weighted by Crippen LogP contribution is -2.07. The number of carbonyl (C=O) groups excluding carboxylic acids is 1. The topological polar surface area (TPSA) is 17.1 Å². The highest BCUT2D eigenvalue weighted by Crippen LogP contribution is 2.33. The Morgan fingerprint density at radius 3 is 2.88 bits per heavy atom. The van der Waals surface area contributed by atoms with Crippen molar-refractivity contribution in [1.82, 2.24) is 0 Å². The molecule has 2 heteroatoms. The van der Waals surface area contributed by atoms with Crippen molar-refractivity contribution in [2.45, 2.75) is 32.6 Å². The summed E-state index contributed by atoms with van der Waals surface area (Å²) >= 11 is 3.49. The van der Waals surface area contributed by atoms with Gasteiger partial charge in [-0.25, -0.2) is 0 Å². The van der Waals surface area contributed by atoms with E-state index >= 15 is 0 Å². The van der Waals surface area contributed by atoms with E-state index in [1.807, 2.05) is 0 Å². The van der Waals surface area contributed by atoms with Crippen LogP contribution < -0.4 is 0 Å². The van der Waals surface area contributed by atoms with Crippen LogP contribution >= 0.6 is 15.9 Å². The summed E-state index contributed by atoms with van der Waals surface area (Å²) in [5.74, 6) is 1.40. The molecule has 1 nitrogen and oxygen atoms in total. The Bertz CT molecular complexity index is 386. The molecule has 0 radical (unpaired) electrons. The lowest BCUT2D eigenvalue weighted by atomic mass is 9.96. The zero-order chi connectivity index (χ0) is 11.5. The van der Waals surface area contributed by atoms with Crippen LogP contribution in [0.3, 0.4) is 0 Å². The molecule has 2 rings (SSSR count). The average molecular weight is 281 g/mol. The molecule has 1 saturated carbocycles. The summed E-state index contributed by atoms with van der Waals surface area (Å²) in [6.07, 6.45) is 4.50. The van der Waals surface area contributed by atoms with Crippen LogP contribution in [0.5, 0.6) is 0 Å². The van der Waals surface area contributed by atoms with E-state index in [0.29, 0.717) is 17.6 Å². The van der Waals surface area contributed by atoms with Gasteiger partial charge in [0.2, 0.25) is 0 Å². The predicted molar refractivity (Wildman–Crippen MR) is 69.4 cm³/mol. The smallest absolute Gasteiger partial charge is 0.132 e. The van der Waals surface area contributed by atoms with Crippen molar-refractivity contribution in [3.05, 3.63) is 34.3 Å². The Kier molecular flexibility index (Phi) is 3.80. The van der Waals surface area contributed by atoms with Crippen LogP contribution in [0.25, 0.3) is 0 Å². The number of rotatable bonds is 3. The van der Waals surface area contributed by atoms with Gasteiger partial charge in [0, 0.05) is 10.4 Å². The Labute approximate surface area is 105 Å². The maximum Gasteiger partial charge on any atom is 0.132 e. The van der Waals surface area contributed by atoms with Gasteiger partial charge in [-0.05, 0) is 56.2 Å². The number of benzene rings is 1. The second kappa shape index (κ2) is 5.13. The summed E-state index contributed by atoms with van der Waals surface area (Å²) in [7, 11) is 0. The quantitative estimate of drug-likeness (QED) is 0.818. The molecule has 1 aliphatic carbocycles. The van der Waals surface area contributed by atoms with Crippen molar-refractivity contribution in [3.63, 3.8) is 0 Å². The Hall–Kier alpha value is -0.630. The molecule has 1 aromatic carbocycles. The minimum Gasteiger partial charge on any atom is -0.300 e. The van der Waals surface area contributed by atoms with Gasteiger partial charge in [-0.1, -0.05) is 28.1 Å². The van der Waals surface area contributed by atoms with Crippen LogP contribution in [0.2, 0.25) is 0 Å². The molecule has 1 aromatic rings. The van der Waals surface area contributed by atoms with Crippen LogP contribution in [-0.4, -0.2) is 5.78 Å². The first kappa shape index (κ1) is 11.8. The van der Waals surface area contributed by atoms with Gasteiger partial charge in [-0.2, -0.15) is 0 Å². The molecule has 1 fully saturated rings. The third-order valence-corrected chi connectivity index (χ3v) is 4.02. The molecule has 0 bridgehead atoms. The number of hydrogen-bond donors (Lipinski definition) is 0. The summed E-state index contributed by atoms with van der Waals surface area (Å²) in [5, 5.41) is 0. The zero-order valence-electron chi connectivity index (χ0n) is 9.58. The van der Waals surface area contributed by atoms with Crippen molar-refractivity contribution < 1.29 is 4.79 Å². The molecule has 16 heavy (non-hydrogen) atoms. The minimum absolute atomic E-state index is 0.331. The summed E-state index contributed by atoms with van der Waals surface area (Å²) < 4.78 is 1.14. The molecule has 0 heterocycles. The highest BCUT2D eigenvalue weighted by Gasteiger charge is 2.27. The highest BCUT2D eigenvalue weighted by molar-refractivity contribution is 9.10. The monoisotopic (exact) mass is 280 g/mol. The second-order valence-corrected chi connectivity index (χ2v) is 5.74. The fourth-order valence-corrected chi connectivity index (χ4v) is 3.07. The summed E-state index contributed by atoms with van der Waals surface area (Å²) in [6.45, 7) is 1.73. The molecule has 0 N–H and O–H groups in total. The molecule has 0 unspecified atom stereocenters. The van der Waals surface area contributed by atoms with E-state index in [2.05, 4.69) is 40.2 Å². The summed E-state index contributed by atoms with van der Waals surface area (Å²) in [6, 6.07) is 8.49. The van der Waals surface area contributed by atoms with Crippen molar-refractivity contribution in [3.8, 4) is 0 Å². The van der Waals surface area contributed by atoms with Crippen molar-refractivity contribution in [2.75, 3.05) is 0 Å². The predicted octanol–water partition coefficient (Wildman–Crippen LogP) is 4.00. The molecule has 0 aromatic heterocycles. The number of carbonyl (C=O) groups is 1. The van der Waals surface area contributed by atoms with Gasteiger partial charge < -0.3 is 0 Å².